The summed E-state index contributed by atoms with van der Waals surface area (Å²) in [5, 5.41) is 2.94. The number of fused-ring (bicyclic) bond motifs is 1. The van der Waals surface area contributed by atoms with Gasteiger partial charge in [-0.25, -0.2) is 4.98 Å². The van der Waals surface area contributed by atoms with Crippen LogP contribution in [0.3, 0.4) is 0 Å². The summed E-state index contributed by atoms with van der Waals surface area (Å²) in [5.74, 6) is 0.215. The first-order chi connectivity index (χ1) is 13.8. The number of ether oxygens (including phenoxy) is 1. The van der Waals surface area contributed by atoms with Crippen LogP contribution in [0.2, 0.25) is 0 Å². The summed E-state index contributed by atoms with van der Waals surface area (Å²) in [6, 6.07) is 8.54. The minimum atomic E-state index is -4.43. The second-order valence-electron chi connectivity index (χ2n) is 6.80. The molecule has 0 aliphatic carbocycles. The largest absolute Gasteiger partial charge is 0.416 e. The normalized spacial score (nSPS) is 14.5. The summed E-state index contributed by atoms with van der Waals surface area (Å²) in [6.45, 7) is 3.84. The number of nitrogens with one attached hydrogen (secondary N) is 1. The third kappa shape index (κ3) is 4.22. The van der Waals surface area contributed by atoms with Crippen molar-refractivity contribution >= 4 is 35.3 Å². The van der Waals surface area contributed by atoms with E-state index in [-0.39, 0.29) is 24.0 Å². The van der Waals surface area contributed by atoms with Crippen LogP contribution in [0.15, 0.2) is 42.6 Å². The molecule has 1 aliphatic rings. The first kappa shape index (κ1) is 21.9. The van der Waals surface area contributed by atoms with Gasteiger partial charge in [-0.2, -0.15) is 13.2 Å². The van der Waals surface area contributed by atoms with Gasteiger partial charge in [0, 0.05) is 24.5 Å². The summed E-state index contributed by atoms with van der Waals surface area (Å²) in [5.41, 5.74) is 1.36. The number of benzene rings is 1. The predicted octanol–water partition coefficient (Wildman–Crippen LogP) is 4.30. The van der Waals surface area contributed by atoms with Gasteiger partial charge in [0.25, 0.3) is 5.91 Å². The summed E-state index contributed by atoms with van der Waals surface area (Å²) in [6.07, 6.45) is -2.98. The molecule has 0 bridgehead atoms. The summed E-state index contributed by atoms with van der Waals surface area (Å²) in [4.78, 5) is 19.0. The number of rotatable bonds is 3. The van der Waals surface area contributed by atoms with Gasteiger partial charge >= 0.3 is 6.18 Å². The van der Waals surface area contributed by atoms with Crippen LogP contribution >= 0.6 is 12.4 Å². The van der Waals surface area contributed by atoms with E-state index in [0.717, 1.165) is 17.8 Å². The Morgan fingerprint density at radius 2 is 1.90 bits per heavy atom. The van der Waals surface area contributed by atoms with Gasteiger partial charge < -0.3 is 19.4 Å². The first-order valence-corrected chi connectivity index (χ1v) is 9.13. The van der Waals surface area contributed by atoms with E-state index in [9.17, 15) is 18.0 Å². The van der Waals surface area contributed by atoms with Crippen molar-refractivity contribution in [1.82, 2.24) is 14.3 Å². The molecule has 1 N–H and O–H groups in total. The number of hydrogen-bond acceptors (Lipinski definition) is 4. The van der Waals surface area contributed by atoms with E-state index >= 15 is 0 Å². The Hall–Kier alpha value is -2.78. The lowest BCUT2D eigenvalue weighted by molar-refractivity contribution is -0.137. The molecule has 160 valence electrons. The lowest BCUT2D eigenvalue weighted by Crippen LogP contribution is -2.41. The molecule has 3 heterocycles. The highest BCUT2D eigenvalue weighted by atomic mass is 35.5. The molecule has 1 aliphatic heterocycles. The molecule has 6 nitrogen and oxygen atoms in total. The lowest BCUT2D eigenvalue weighted by atomic mass is 10.2. The van der Waals surface area contributed by atoms with Crippen molar-refractivity contribution in [3.63, 3.8) is 0 Å². The number of alkyl halides is 3. The molecule has 1 saturated heterocycles. The molecule has 4 rings (SSSR count). The van der Waals surface area contributed by atoms with Gasteiger partial charge in [-0.15, -0.1) is 12.4 Å². The summed E-state index contributed by atoms with van der Waals surface area (Å²) >= 11 is 0. The van der Waals surface area contributed by atoms with Gasteiger partial charge in [-0.1, -0.05) is 6.07 Å². The zero-order chi connectivity index (χ0) is 20.6. The van der Waals surface area contributed by atoms with Crippen LogP contribution in [0.5, 0.6) is 0 Å². The molecule has 0 spiro atoms. The SMILES string of the molecule is Cc1ccc2c(Nc3cccc(C(F)(F)F)c3)ncc(C(=O)N3CCOCC3)n12.Cl. The van der Waals surface area contributed by atoms with Crippen molar-refractivity contribution in [3.05, 3.63) is 59.5 Å². The zero-order valence-electron chi connectivity index (χ0n) is 16.1. The molecule has 1 aromatic carbocycles. The Labute approximate surface area is 177 Å². The number of morpholine rings is 1. The van der Waals surface area contributed by atoms with E-state index < -0.39 is 11.7 Å². The number of halogens is 4. The Kier molecular flexibility index (Phi) is 6.23. The van der Waals surface area contributed by atoms with E-state index in [4.69, 9.17) is 4.74 Å². The van der Waals surface area contributed by atoms with Crippen molar-refractivity contribution in [1.29, 1.82) is 0 Å². The minimum absolute atomic E-state index is 0. The van der Waals surface area contributed by atoms with Gasteiger partial charge in [0.15, 0.2) is 5.82 Å². The maximum Gasteiger partial charge on any atom is 0.416 e. The van der Waals surface area contributed by atoms with Crippen LogP contribution in [0.25, 0.3) is 5.52 Å². The molecule has 1 amide bonds. The minimum Gasteiger partial charge on any atom is -0.378 e. The molecule has 0 radical (unpaired) electrons. The fourth-order valence-electron chi connectivity index (χ4n) is 3.38. The number of aryl methyl sites for hydroxylation is 1. The molecule has 0 atom stereocenters. The number of amides is 1. The predicted molar refractivity (Wildman–Crippen MR) is 109 cm³/mol. The summed E-state index contributed by atoms with van der Waals surface area (Å²) in [7, 11) is 0. The molecule has 30 heavy (non-hydrogen) atoms. The molecule has 2 aromatic heterocycles. The van der Waals surface area contributed by atoms with Gasteiger partial charge in [0.2, 0.25) is 0 Å². The highest BCUT2D eigenvalue weighted by Gasteiger charge is 2.30. The van der Waals surface area contributed by atoms with E-state index in [1.807, 2.05) is 13.0 Å². The van der Waals surface area contributed by atoms with Crippen LogP contribution in [0, 0.1) is 6.92 Å². The monoisotopic (exact) mass is 440 g/mol. The Morgan fingerprint density at radius 1 is 1.17 bits per heavy atom. The maximum absolute atomic E-state index is 13.0. The topological polar surface area (TPSA) is 58.9 Å². The first-order valence-electron chi connectivity index (χ1n) is 9.13. The Morgan fingerprint density at radius 3 is 2.60 bits per heavy atom. The second-order valence-corrected chi connectivity index (χ2v) is 6.80. The Bertz CT molecular complexity index is 1060. The molecular formula is C20H20ClF3N4O2. The molecule has 3 aromatic rings. The van der Waals surface area contributed by atoms with Gasteiger partial charge in [0.1, 0.15) is 5.69 Å². The molecule has 1 fully saturated rings. The average molecular weight is 441 g/mol. The number of carbonyl (C=O) groups is 1. The third-order valence-corrected chi connectivity index (χ3v) is 4.85. The number of hydrogen-bond donors (Lipinski definition) is 1. The fourth-order valence-corrected chi connectivity index (χ4v) is 3.38. The molecule has 0 unspecified atom stereocenters. The summed E-state index contributed by atoms with van der Waals surface area (Å²) < 4.78 is 46.0. The van der Waals surface area contributed by atoms with Gasteiger partial charge in [-0.05, 0) is 37.3 Å². The number of carbonyl (C=O) groups excluding carboxylic acids is 1. The third-order valence-electron chi connectivity index (χ3n) is 4.85. The van der Waals surface area contributed by atoms with Crippen molar-refractivity contribution in [2.75, 3.05) is 31.6 Å². The standard InChI is InChI=1S/C20H19F3N4O2.ClH/c1-13-5-6-16-18(25-15-4-2-3-14(11-15)20(21,22)23)24-12-17(27(13)16)19(28)26-7-9-29-10-8-26;/h2-6,11-12H,7-10H2,1H3,(H,24,25);1H. The molecule has 0 saturated carbocycles. The van der Waals surface area contributed by atoms with Gasteiger partial charge in [-0.3, -0.25) is 4.79 Å². The smallest absolute Gasteiger partial charge is 0.378 e. The number of aromatic nitrogens is 2. The van der Waals surface area contributed by atoms with E-state index in [2.05, 4.69) is 10.3 Å². The fraction of sp³-hybridized carbons (Fsp3) is 0.300. The Balaban J connectivity index is 0.00000256. The van der Waals surface area contributed by atoms with Crippen LogP contribution in [0.1, 0.15) is 21.7 Å². The molecular weight excluding hydrogens is 421 g/mol. The zero-order valence-corrected chi connectivity index (χ0v) is 16.9. The highest BCUT2D eigenvalue weighted by molar-refractivity contribution is 5.94. The highest BCUT2D eigenvalue weighted by Crippen LogP contribution is 2.32. The van der Waals surface area contributed by atoms with Crippen LogP contribution in [-0.4, -0.2) is 46.5 Å². The van der Waals surface area contributed by atoms with E-state index in [0.29, 0.717) is 43.3 Å². The van der Waals surface area contributed by atoms with Crippen LogP contribution in [0.4, 0.5) is 24.7 Å². The van der Waals surface area contributed by atoms with Crippen molar-refractivity contribution in [3.8, 4) is 0 Å². The number of nitrogens with zero attached hydrogens (tertiary/aromatic N) is 3. The quantitative estimate of drug-likeness (QED) is 0.659. The average Bonchev–Trinajstić information content (AvgIpc) is 3.10. The lowest BCUT2D eigenvalue weighted by Gasteiger charge is -2.27. The van der Waals surface area contributed by atoms with E-state index in [1.54, 1.807) is 15.4 Å². The van der Waals surface area contributed by atoms with E-state index in [1.165, 1.54) is 18.3 Å². The maximum atomic E-state index is 13.0. The van der Waals surface area contributed by atoms with Gasteiger partial charge in [0.05, 0.1) is 30.5 Å². The van der Waals surface area contributed by atoms with Crippen molar-refractivity contribution in [2.45, 2.75) is 13.1 Å². The molecule has 10 heteroatoms. The number of anilines is 2. The van der Waals surface area contributed by atoms with Crippen molar-refractivity contribution in [2.24, 2.45) is 0 Å². The van der Waals surface area contributed by atoms with Crippen molar-refractivity contribution < 1.29 is 22.7 Å². The second kappa shape index (κ2) is 8.53. The van der Waals surface area contributed by atoms with Crippen LogP contribution < -0.4 is 5.32 Å². The van der Waals surface area contributed by atoms with Crippen LogP contribution in [-0.2, 0) is 10.9 Å².